The van der Waals surface area contributed by atoms with Crippen LogP contribution in [0.4, 0.5) is 0 Å². The van der Waals surface area contributed by atoms with Crippen LogP contribution in [0.5, 0.6) is 5.75 Å². The molecule has 0 amide bonds. The van der Waals surface area contributed by atoms with Crippen molar-refractivity contribution in [3.63, 3.8) is 0 Å². The topological polar surface area (TPSA) is 21.3 Å². The second kappa shape index (κ2) is 5.39. The Morgan fingerprint density at radius 2 is 2.00 bits per heavy atom. The fourth-order valence-electron chi connectivity index (χ4n) is 1.52. The second-order valence-corrected chi connectivity index (χ2v) is 5.33. The van der Waals surface area contributed by atoms with Crippen molar-refractivity contribution >= 4 is 27.5 Å². The number of hydrogen-bond donors (Lipinski definition) is 1. The molecule has 1 N–H and O–H groups in total. The van der Waals surface area contributed by atoms with Crippen molar-refractivity contribution in [3.8, 4) is 5.75 Å². The van der Waals surface area contributed by atoms with Crippen LogP contribution in [0.2, 0.25) is 0 Å². The molecule has 2 rings (SSSR count). The van der Waals surface area contributed by atoms with Gasteiger partial charge in [-0.1, -0.05) is 15.9 Å². The summed E-state index contributed by atoms with van der Waals surface area (Å²) in [5.74, 6) is 1.60. The second-order valence-electron chi connectivity index (χ2n) is 4.14. The molecule has 0 radical (unpaired) electrons. The van der Waals surface area contributed by atoms with Gasteiger partial charge in [0.25, 0.3) is 0 Å². The van der Waals surface area contributed by atoms with Crippen LogP contribution in [0.15, 0.2) is 28.7 Å². The van der Waals surface area contributed by atoms with Crippen LogP contribution in [0.3, 0.4) is 0 Å². The average molecular weight is 305 g/mol. The molecule has 88 valence electrons. The Balaban J connectivity index is 1.66. The van der Waals surface area contributed by atoms with E-state index in [1.807, 2.05) is 24.3 Å². The van der Waals surface area contributed by atoms with E-state index in [2.05, 4.69) is 21.2 Å². The summed E-state index contributed by atoms with van der Waals surface area (Å²) in [6.07, 6.45) is 2.38. The number of rotatable bonds is 6. The zero-order valence-corrected chi connectivity index (χ0v) is 11.4. The van der Waals surface area contributed by atoms with Gasteiger partial charge in [0, 0.05) is 22.4 Å². The van der Waals surface area contributed by atoms with Gasteiger partial charge < -0.3 is 10.1 Å². The van der Waals surface area contributed by atoms with Crippen molar-refractivity contribution in [1.29, 1.82) is 0 Å². The zero-order chi connectivity index (χ0) is 11.4. The number of ether oxygens (including phenoxy) is 1. The SMILES string of the molecule is ClCC1(NCCOc2ccc(Br)cc2)CC1. The molecule has 0 bridgehead atoms. The predicted octanol–water partition coefficient (Wildman–Crippen LogP) is 3.19. The van der Waals surface area contributed by atoms with Crippen molar-refractivity contribution in [2.45, 2.75) is 18.4 Å². The number of nitrogens with one attached hydrogen (secondary N) is 1. The van der Waals surface area contributed by atoms with Crippen LogP contribution < -0.4 is 10.1 Å². The number of alkyl halides is 1. The minimum Gasteiger partial charge on any atom is -0.492 e. The molecule has 1 fully saturated rings. The van der Waals surface area contributed by atoms with Crippen molar-refractivity contribution in [1.82, 2.24) is 5.32 Å². The first-order valence-electron chi connectivity index (χ1n) is 5.43. The average Bonchev–Trinajstić information content (AvgIpc) is 3.08. The maximum Gasteiger partial charge on any atom is 0.119 e. The summed E-state index contributed by atoms with van der Waals surface area (Å²) in [4.78, 5) is 0. The third-order valence-electron chi connectivity index (χ3n) is 2.79. The summed E-state index contributed by atoms with van der Waals surface area (Å²) in [6.45, 7) is 1.53. The van der Waals surface area contributed by atoms with Gasteiger partial charge in [0.1, 0.15) is 12.4 Å². The highest BCUT2D eigenvalue weighted by Gasteiger charge is 2.40. The zero-order valence-electron chi connectivity index (χ0n) is 9.01. The van der Waals surface area contributed by atoms with Crippen molar-refractivity contribution in [3.05, 3.63) is 28.7 Å². The molecule has 2 nitrogen and oxygen atoms in total. The van der Waals surface area contributed by atoms with Crippen molar-refractivity contribution in [2.24, 2.45) is 0 Å². The lowest BCUT2D eigenvalue weighted by atomic mass is 10.3. The molecule has 16 heavy (non-hydrogen) atoms. The van der Waals surface area contributed by atoms with Gasteiger partial charge in [-0.25, -0.2) is 0 Å². The number of benzene rings is 1. The minimum atomic E-state index is 0.213. The summed E-state index contributed by atoms with van der Waals surface area (Å²) in [5.41, 5.74) is 0.213. The standard InChI is InChI=1S/C12H15BrClNO/c13-10-1-3-11(4-2-10)16-8-7-15-12(9-14)5-6-12/h1-4,15H,5-9H2. The molecular formula is C12H15BrClNO. The van der Waals surface area contributed by atoms with Gasteiger partial charge >= 0.3 is 0 Å². The maximum absolute atomic E-state index is 5.86. The lowest BCUT2D eigenvalue weighted by Crippen LogP contribution is -2.35. The first-order chi connectivity index (χ1) is 7.74. The van der Waals surface area contributed by atoms with Gasteiger partial charge in [-0.15, -0.1) is 11.6 Å². The predicted molar refractivity (Wildman–Crippen MR) is 70.3 cm³/mol. The van der Waals surface area contributed by atoms with Gasteiger partial charge in [-0.2, -0.15) is 0 Å². The van der Waals surface area contributed by atoms with Gasteiger partial charge in [-0.3, -0.25) is 0 Å². The van der Waals surface area contributed by atoms with E-state index in [1.165, 1.54) is 12.8 Å². The summed E-state index contributed by atoms with van der Waals surface area (Å²) < 4.78 is 6.67. The Morgan fingerprint density at radius 3 is 2.56 bits per heavy atom. The molecule has 1 aromatic carbocycles. The maximum atomic E-state index is 5.86. The lowest BCUT2D eigenvalue weighted by molar-refractivity contribution is 0.305. The monoisotopic (exact) mass is 303 g/mol. The Labute approximate surface area is 109 Å². The lowest BCUT2D eigenvalue weighted by Gasteiger charge is -2.14. The van der Waals surface area contributed by atoms with E-state index in [1.54, 1.807) is 0 Å². The Morgan fingerprint density at radius 1 is 1.31 bits per heavy atom. The molecule has 0 atom stereocenters. The van der Waals surface area contributed by atoms with Gasteiger partial charge in [0.2, 0.25) is 0 Å². The van der Waals surface area contributed by atoms with Crippen LogP contribution in [-0.4, -0.2) is 24.6 Å². The van der Waals surface area contributed by atoms with E-state index in [0.29, 0.717) is 12.5 Å². The molecule has 0 unspecified atom stereocenters. The molecule has 0 aromatic heterocycles. The molecule has 1 aliphatic carbocycles. The van der Waals surface area contributed by atoms with E-state index in [4.69, 9.17) is 16.3 Å². The summed E-state index contributed by atoms with van der Waals surface area (Å²) >= 11 is 9.25. The molecule has 0 heterocycles. The Kier molecular flexibility index (Phi) is 4.11. The van der Waals surface area contributed by atoms with E-state index >= 15 is 0 Å². The highest BCUT2D eigenvalue weighted by Crippen LogP contribution is 2.35. The van der Waals surface area contributed by atoms with Crippen LogP contribution in [0.25, 0.3) is 0 Å². The summed E-state index contributed by atoms with van der Waals surface area (Å²) in [5, 5.41) is 3.44. The third-order valence-corrected chi connectivity index (χ3v) is 3.83. The highest BCUT2D eigenvalue weighted by molar-refractivity contribution is 9.10. The molecule has 1 saturated carbocycles. The van der Waals surface area contributed by atoms with E-state index in [0.717, 1.165) is 16.8 Å². The Bertz CT molecular complexity index is 337. The van der Waals surface area contributed by atoms with Crippen LogP contribution in [0.1, 0.15) is 12.8 Å². The van der Waals surface area contributed by atoms with Gasteiger partial charge in [0.05, 0.1) is 0 Å². The highest BCUT2D eigenvalue weighted by atomic mass is 79.9. The number of halogens is 2. The van der Waals surface area contributed by atoms with Crippen LogP contribution in [-0.2, 0) is 0 Å². The van der Waals surface area contributed by atoms with E-state index in [-0.39, 0.29) is 5.54 Å². The van der Waals surface area contributed by atoms with Crippen molar-refractivity contribution in [2.75, 3.05) is 19.0 Å². The third kappa shape index (κ3) is 3.37. The number of hydrogen-bond acceptors (Lipinski definition) is 2. The van der Waals surface area contributed by atoms with Crippen LogP contribution in [0, 0.1) is 0 Å². The molecule has 1 aliphatic rings. The fourth-order valence-corrected chi connectivity index (χ4v) is 2.15. The van der Waals surface area contributed by atoms with E-state index < -0.39 is 0 Å². The molecular weight excluding hydrogens is 289 g/mol. The quantitative estimate of drug-likeness (QED) is 0.644. The summed E-state index contributed by atoms with van der Waals surface area (Å²) in [6, 6.07) is 7.87. The van der Waals surface area contributed by atoms with Gasteiger partial charge in [-0.05, 0) is 37.1 Å². The fraction of sp³-hybridized carbons (Fsp3) is 0.500. The van der Waals surface area contributed by atoms with E-state index in [9.17, 15) is 0 Å². The molecule has 0 aliphatic heterocycles. The normalized spacial score (nSPS) is 17.1. The largest absolute Gasteiger partial charge is 0.492 e. The van der Waals surface area contributed by atoms with Crippen LogP contribution >= 0.6 is 27.5 Å². The first-order valence-corrected chi connectivity index (χ1v) is 6.76. The first kappa shape index (κ1) is 12.2. The Hall–Kier alpha value is -0.250. The summed E-state index contributed by atoms with van der Waals surface area (Å²) in [7, 11) is 0. The molecule has 0 spiro atoms. The molecule has 0 saturated heterocycles. The molecule has 4 heteroatoms. The smallest absolute Gasteiger partial charge is 0.119 e. The van der Waals surface area contributed by atoms with Crippen molar-refractivity contribution < 1.29 is 4.74 Å². The minimum absolute atomic E-state index is 0.213. The molecule has 1 aromatic rings. The van der Waals surface area contributed by atoms with Gasteiger partial charge in [0.15, 0.2) is 0 Å².